The van der Waals surface area contributed by atoms with Crippen LogP contribution in [0, 0.1) is 0 Å². The molecule has 1 aliphatic rings. The Hall–Kier alpha value is 0.194. The number of hydrogen-bond acceptors (Lipinski definition) is 0. The zero-order valence-corrected chi connectivity index (χ0v) is 5.92. The van der Waals surface area contributed by atoms with Crippen molar-refractivity contribution in [3.05, 3.63) is 21.6 Å². The summed E-state index contributed by atoms with van der Waals surface area (Å²) in [6.45, 7) is 2.18. The van der Waals surface area contributed by atoms with Crippen molar-refractivity contribution in [2.45, 2.75) is 13.3 Å². The second kappa shape index (κ2) is 1.98. The van der Waals surface area contributed by atoms with Crippen LogP contribution in [0.15, 0.2) is 21.6 Å². The van der Waals surface area contributed by atoms with Gasteiger partial charge in [-0.25, -0.2) is 0 Å². The van der Waals surface area contributed by atoms with E-state index in [0.717, 1.165) is 0 Å². The summed E-state index contributed by atoms with van der Waals surface area (Å²) in [6, 6.07) is 0. The van der Waals surface area contributed by atoms with Crippen molar-refractivity contribution in [2.24, 2.45) is 0 Å². The van der Waals surface area contributed by atoms with Crippen LogP contribution in [0.1, 0.15) is 13.3 Å². The van der Waals surface area contributed by atoms with Crippen LogP contribution in [-0.2, 0) is 20.4 Å². The fourth-order valence-corrected chi connectivity index (χ4v) is 0.949. The van der Waals surface area contributed by atoms with Crippen molar-refractivity contribution in [3.8, 4) is 0 Å². The van der Waals surface area contributed by atoms with Crippen LogP contribution < -0.4 is 0 Å². The van der Waals surface area contributed by atoms with Crippen molar-refractivity contribution >= 4 is 0 Å². The molecule has 0 saturated carbocycles. The van der Waals surface area contributed by atoms with Gasteiger partial charge in [0.25, 0.3) is 0 Å². The third kappa shape index (κ3) is 1.05. The summed E-state index contributed by atoms with van der Waals surface area (Å²) in [5.74, 6) is 0. The average Bonchev–Trinajstić information content (AvgIpc) is 1.91. The van der Waals surface area contributed by atoms with Crippen molar-refractivity contribution in [1.82, 2.24) is 0 Å². The molecule has 0 aromatic heterocycles. The molecule has 0 atom stereocenters. The second-order valence-corrected chi connectivity index (χ2v) is 2.64. The van der Waals surface area contributed by atoms with Crippen LogP contribution >= 0.6 is 0 Å². The third-order valence-electron chi connectivity index (χ3n) is 1.17. The summed E-state index contributed by atoms with van der Waals surface area (Å²) in [4.78, 5) is 0. The topological polar surface area (TPSA) is 0 Å². The zero-order chi connectivity index (χ0) is 5.28. The van der Waals surface area contributed by atoms with E-state index in [4.69, 9.17) is 0 Å². The molecule has 1 heteroatoms. The van der Waals surface area contributed by atoms with E-state index in [2.05, 4.69) is 39.5 Å². The van der Waals surface area contributed by atoms with E-state index >= 15 is 0 Å². The van der Waals surface area contributed by atoms with Crippen LogP contribution in [0.4, 0.5) is 0 Å². The van der Waals surface area contributed by atoms with Crippen molar-refractivity contribution in [2.75, 3.05) is 0 Å². The monoisotopic (exact) mass is 127 g/mol. The summed E-state index contributed by atoms with van der Waals surface area (Å²) in [5.41, 5.74) is 1.51. The van der Waals surface area contributed by atoms with Crippen LogP contribution in [0.5, 0.6) is 0 Å². The van der Waals surface area contributed by atoms with Crippen LogP contribution in [0.3, 0.4) is 0 Å². The molecule has 0 aliphatic heterocycles. The van der Waals surface area contributed by atoms with Gasteiger partial charge in [-0.05, 0) is 0 Å². The molecule has 35 valence electrons. The molecule has 0 heterocycles. The Bertz CT molecular complexity index is 131. The Morgan fingerprint density at radius 2 is 2.43 bits per heavy atom. The Kier molecular flexibility index (Phi) is 1.51. The molecule has 0 unspecified atom stereocenters. The molecular weight excluding hydrogens is 120 g/mol. The molecule has 0 N–H and O–H groups in total. The van der Waals surface area contributed by atoms with E-state index in [0.29, 0.717) is 0 Å². The van der Waals surface area contributed by atoms with Gasteiger partial charge >= 0.3 is 55.4 Å². The predicted molar refractivity (Wildman–Crippen MR) is 26.5 cm³/mol. The minimum absolute atomic E-state index is 1.17. The Morgan fingerprint density at radius 1 is 1.71 bits per heavy atom. The third-order valence-corrected chi connectivity index (χ3v) is 2.10. The number of rotatable bonds is 0. The molecule has 0 saturated heterocycles. The van der Waals surface area contributed by atoms with E-state index in [1.807, 2.05) is 0 Å². The summed E-state index contributed by atoms with van der Waals surface area (Å²) < 4.78 is 1.44. The average molecular weight is 127 g/mol. The molecule has 0 bridgehead atoms. The van der Waals surface area contributed by atoms with E-state index in [1.54, 1.807) is 0 Å². The fraction of sp³-hybridized carbons (Fsp3) is 0.333. The van der Waals surface area contributed by atoms with Crippen molar-refractivity contribution in [1.29, 1.82) is 0 Å². The minimum atomic E-state index is 1.17. The molecule has 0 spiro atoms. The first-order valence-electron chi connectivity index (χ1n) is 2.38. The molecule has 1 rings (SSSR count). The van der Waals surface area contributed by atoms with Gasteiger partial charge in [0.05, 0.1) is 0 Å². The SMILES string of the molecule is CC1=[C]([Ti])C=CC1. The molecule has 0 radical (unpaired) electrons. The standard InChI is InChI=1S/C6H7.Ti/c1-6-4-2-3-5-6;/h2-3H,4H2,1H3;. The van der Waals surface area contributed by atoms with Gasteiger partial charge in [0.15, 0.2) is 0 Å². The molecule has 0 fully saturated rings. The van der Waals surface area contributed by atoms with Crippen LogP contribution in [0.25, 0.3) is 0 Å². The molecule has 7 heavy (non-hydrogen) atoms. The van der Waals surface area contributed by atoms with Gasteiger partial charge in [0.1, 0.15) is 0 Å². The van der Waals surface area contributed by atoms with Gasteiger partial charge < -0.3 is 0 Å². The second-order valence-electron chi connectivity index (χ2n) is 1.80. The van der Waals surface area contributed by atoms with Gasteiger partial charge in [0, 0.05) is 0 Å². The first kappa shape index (κ1) is 5.33. The van der Waals surface area contributed by atoms with Gasteiger partial charge in [-0.2, -0.15) is 0 Å². The fourth-order valence-electron chi connectivity index (χ4n) is 0.606. The van der Waals surface area contributed by atoms with Gasteiger partial charge in [0.2, 0.25) is 0 Å². The Balaban J connectivity index is 2.79. The van der Waals surface area contributed by atoms with Crippen LogP contribution in [0.2, 0.25) is 0 Å². The summed E-state index contributed by atoms with van der Waals surface area (Å²) in [5, 5.41) is 0. The summed E-state index contributed by atoms with van der Waals surface area (Å²) in [7, 11) is 0. The summed E-state index contributed by atoms with van der Waals surface area (Å²) >= 11 is 2.15. The van der Waals surface area contributed by atoms with Crippen molar-refractivity contribution < 1.29 is 20.4 Å². The first-order chi connectivity index (χ1) is 3.30. The Morgan fingerprint density at radius 3 is 2.57 bits per heavy atom. The molecule has 0 nitrogen and oxygen atoms in total. The summed E-state index contributed by atoms with van der Waals surface area (Å²) in [6.07, 6.45) is 5.55. The zero-order valence-electron chi connectivity index (χ0n) is 4.36. The van der Waals surface area contributed by atoms with E-state index in [1.165, 1.54) is 15.9 Å². The first-order valence-corrected chi connectivity index (χ1v) is 3.16. The van der Waals surface area contributed by atoms with Gasteiger partial charge in [-0.1, -0.05) is 0 Å². The predicted octanol–water partition coefficient (Wildman–Crippen LogP) is 1.77. The molecule has 0 aromatic rings. The molecular formula is C6H7Ti. The van der Waals surface area contributed by atoms with E-state index in [9.17, 15) is 0 Å². The maximum absolute atomic E-state index is 2.20. The van der Waals surface area contributed by atoms with E-state index < -0.39 is 0 Å². The molecule has 1 aliphatic carbocycles. The van der Waals surface area contributed by atoms with Crippen LogP contribution in [-0.4, -0.2) is 0 Å². The van der Waals surface area contributed by atoms with Gasteiger partial charge in [-0.15, -0.1) is 0 Å². The van der Waals surface area contributed by atoms with E-state index in [-0.39, 0.29) is 0 Å². The Labute approximate surface area is 55.7 Å². The van der Waals surface area contributed by atoms with Crippen molar-refractivity contribution in [3.63, 3.8) is 0 Å². The molecule has 0 aromatic carbocycles. The normalized spacial score (nSPS) is 18.9. The number of allylic oxidation sites excluding steroid dienone is 4. The number of hydrogen-bond donors (Lipinski definition) is 0. The van der Waals surface area contributed by atoms with Gasteiger partial charge in [-0.3, -0.25) is 0 Å². The quantitative estimate of drug-likeness (QED) is 0.435. The maximum atomic E-state index is 2.20. The molecule has 0 amide bonds.